The average molecular weight is 396 g/mol. The number of halogens is 1. The third-order valence-corrected chi connectivity index (χ3v) is 3.96. The summed E-state index contributed by atoms with van der Waals surface area (Å²) in [6.07, 6.45) is 1.60. The molecule has 0 fully saturated rings. The van der Waals surface area contributed by atoms with E-state index in [-0.39, 0.29) is 5.91 Å². The molecule has 21 heavy (non-hydrogen) atoms. The van der Waals surface area contributed by atoms with Crippen LogP contribution in [-0.4, -0.2) is 28.9 Å². The highest BCUT2D eigenvalue weighted by atomic mass is 127. The third kappa shape index (κ3) is 3.93. The van der Waals surface area contributed by atoms with E-state index in [1.807, 2.05) is 38.1 Å². The molecule has 4 nitrogen and oxygen atoms in total. The van der Waals surface area contributed by atoms with Crippen molar-refractivity contribution in [3.8, 4) is 11.5 Å². The first-order valence-corrected chi connectivity index (χ1v) is 7.91. The summed E-state index contributed by atoms with van der Waals surface area (Å²) in [6, 6.07) is 11.2. The van der Waals surface area contributed by atoms with Gasteiger partial charge in [0, 0.05) is 25.4 Å². The van der Waals surface area contributed by atoms with Crippen LogP contribution in [0.5, 0.6) is 11.5 Å². The fourth-order valence-corrected chi connectivity index (χ4v) is 2.42. The largest absolute Gasteiger partial charge is 0.456 e. The Bertz CT molecular complexity index is 627. The highest BCUT2D eigenvalue weighted by molar-refractivity contribution is 14.1. The number of hydrogen-bond donors (Lipinski definition) is 0. The molecule has 1 aromatic carbocycles. The first-order chi connectivity index (χ1) is 10.2. The van der Waals surface area contributed by atoms with Gasteiger partial charge in [0.05, 0.1) is 3.57 Å². The molecule has 0 aliphatic carbocycles. The first-order valence-electron chi connectivity index (χ1n) is 6.83. The number of para-hydroxylation sites is 1. The van der Waals surface area contributed by atoms with Gasteiger partial charge in [-0.25, -0.2) is 0 Å². The van der Waals surface area contributed by atoms with Crippen molar-refractivity contribution < 1.29 is 9.53 Å². The molecular formula is C16H17IN2O2. The molecule has 0 bridgehead atoms. The van der Waals surface area contributed by atoms with Crippen LogP contribution >= 0.6 is 22.6 Å². The van der Waals surface area contributed by atoms with Crippen LogP contribution in [0, 0.1) is 3.57 Å². The lowest BCUT2D eigenvalue weighted by atomic mass is 10.3. The van der Waals surface area contributed by atoms with Gasteiger partial charge in [-0.05, 0) is 54.6 Å². The Morgan fingerprint density at radius 2 is 1.95 bits per heavy atom. The number of amides is 1. The zero-order chi connectivity index (χ0) is 15.2. The SMILES string of the molecule is CCN(CC)C(=O)c1cc(Oc2ccccc2I)ccn1. The van der Waals surface area contributed by atoms with Crippen LogP contribution in [0.15, 0.2) is 42.6 Å². The molecule has 2 rings (SSSR count). The Morgan fingerprint density at radius 3 is 2.62 bits per heavy atom. The van der Waals surface area contributed by atoms with E-state index in [2.05, 4.69) is 27.6 Å². The summed E-state index contributed by atoms with van der Waals surface area (Å²) in [5.41, 5.74) is 0.405. The van der Waals surface area contributed by atoms with Gasteiger partial charge in [0.15, 0.2) is 0 Å². The molecule has 5 heteroatoms. The van der Waals surface area contributed by atoms with Crippen LogP contribution in [0.1, 0.15) is 24.3 Å². The molecule has 0 aliphatic heterocycles. The molecule has 0 atom stereocenters. The van der Waals surface area contributed by atoms with Crippen LogP contribution in [0.3, 0.4) is 0 Å². The molecule has 0 unspecified atom stereocenters. The fourth-order valence-electron chi connectivity index (χ4n) is 1.92. The predicted molar refractivity (Wildman–Crippen MR) is 90.7 cm³/mol. The number of pyridine rings is 1. The minimum atomic E-state index is -0.0757. The van der Waals surface area contributed by atoms with E-state index in [0.717, 1.165) is 9.32 Å². The van der Waals surface area contributed by atoms with E-state index in [4.69, 9.17) is 4.74 Å². The number of ether oxygens (including phenoxy) is 1. The zero-order valence-corrected chi connectivity index (χ0v) is 14.2. The minimum absolute atomic E-state index is 0.0757. The molecule has 0 aliphatic rings. The second-order valence-electron chi connectivity index (χ2n) is 4.39. The minimum Gasteiger partial charge on any atom is -0.456 e. The fraction of sp³-hybridized carbons (Fsp3) is 0.250. The summed E-state index contributed by atoms with van der Waals surface area (Å²) in [5.74, 6) is 1.31. The zero-order valence-electron chi connectivity index (χ0n) is 12.0. The maximum atomic E-state index is 12.3. The van der Waals surface area contributed by atoms with E-state index in [9.17, 15) is 4.79 Å². The van der Waals surface area contributed by atoms with Gasteiger partial charge in [-0.2, -0.15) is 0 Å². The predicted octanol–water partition coefficient (Wildman–Crippen LogP) is 3.96. The van der Waals surface area contributed by atoms with Crippen molar-refractivity contribution in [2.45, 2.75) is 13.8 Å². The van der Waals surface area contributed by atoms with Crippen molar-refractivity contribution >= 4 is 28.5 Å². The molecule has 1 aromatic heterocycles. The Balaban J connectivity index is 2.22. The van der Waals surface area contributed by atoms with Crippen LogP contribution in [0.4, 0.5) is 0 Å². The second-order valence-corrected chi connectivity index (χ2v) is 5.55. The monoisotopic (exact) mass is 396 g/mol. The van der Waals surface area contributed by atoms with Gasteiger partial charge in [0.2, 0.25) is 0 Å². The maximum absolute atomic E-state index is 12.3. The van der Waals surface area contributed by atoms with Crippen molar-refractivity contribution in [3.05, 3.63) is 51.9 Å². The van der Waals surface area contributed by atoms with Crippen molar-refractivity contribution in [2.24, 2.45) is 0 Å². The number of carbonyl (C=O) groups is 1. The highest BCUT2D eigenvalue weighted by Crippen LogP contribution is 2.26. The van der Waals surface area contributed by atoms with Gasteiger partial charge < -0.3 is 9.64 Å². The molecule has 0 saturated carbocycles. The number of carbonyl (C=O) groups excluding carboxylic acids is 1. The molecule has 0 N–H and O–H groups in total. The van der Waals surface area contributed by atoms with Gasteiger partial charge >= 0.3 is 0 Å². The molecule has 0 radical (unpaired) electrons. The first kappa shape index (κ1) is 15.8. The Morgan fingerprint density at radius 1 is 1.24 bits per heavy atom. The van der Waals surface area contributed by atoms with Gasteiger partial charge in [-0.15, -0.1) is 0 Å². The number of hydrogen-bond acceptors (Lipinski definition) is 3. The molecular weight excluding hydrogens is 379 g/mol. The van der Waals surface area contributed by atoms with E-state index < -0.39 is 0 Å². The third-order valence-electron chi connectivity index (χ3n) is 3.07. The van der Waals surface area contributed by atoms with Crippen LogP contribution in [0.2, 0.25) is 0 Å². The summed E-state index contributed by atoms with van der Waals surface area (Å²) in [5, 5.41) is 0. The second kappa shape index (κ2) is 7.40. The summed E-state index contributed by atoms with van der Waals surface area (Å²) in [4.78, 5) is 18.2. The molecule has 1 heterocycles. The quantitative estimate of drug-likeness (QED) is 0.719. The van der Waals surface area contributed by atoms with Crippen molar-refractivity contribution in [1.82, 2.24) is 9.88 Å². The lowest BCUT2D eigenvalue weighted by molar-refractivity contribution is 0.0767. The average Bonchev–Trinajstić information content (AvgIpc) is 2.51. The lowest BCUT2D eigenvalue weighted by Crippen LogP contribution is -2.31. The summed E-state index contributed by atoms with van der Waals surface area (Å²) >= 11 is 2.22. The number of nitrogens with zero attached hydrogens (tertiary/aromatic N) is 2. The summed E-state index contributed by atoms with van der Waals surface area (Å²) < 4.78 is 6.85. The Labute approximate surface area is 138 Å². The van der Waals surface area contributed by atoms with Crippen molar-refractivity contribution in [1.29, 1.82) is 0 Å². The van der Waals surface area contributed by atoms with Crippen molar-refractivity contribution in [3.63, 3.8) is 0 Å². The van der Waals surface area contributed by atoms with E-state index >= 15 is 0 Å². The van der Waals surface area contributed by atoms with Crippen LogP contribution in [-0.2, 0) is 0 Å². The lowest BCUT2D eigenvalue weighted by Gasteiger charge is -2.18. The smallest absolute Gasteiger partial charge is 0.272 e. The normalized spacial score (nSPS) is 10.2. The molecule has 2 aromatic rings. The van der Waals surface area contributed by atoms with E-state index in [1.54, 1.807) is 23.2 Å². The van der Waals surface area contributed by atoms with Crippen LogP contribution < -0.4 is 4.74 Å². The molecule has 0 spiro atoms. The van der Waals surface area contributed by atoms with Gasteiger partial charge in [-0.3, -0.25) is 9.78 Å². The van der Waals surface area contributed by atoms with Gasteiger partial charge in [0.25, 0.3) is 5.91 Å². The van der Waals surface area contributed by atoms with Crippen molar-refractivity contribution in [2.75, 3.05) is 13.1 Å². The number of rotatable bonds is 5. The van der Waals surface area contributed by atoms with Gasteiger partial charge in [0.1, 0.15) is 17.2 Å². The Hall–Kier alpha value is -1.63. The summed E-state index contributed by atoms with van der Waals surface area (Å²) in [7, 11) is 0. The molecule has 110 valence electrons. The molecule has 1 amide bonds. The highest BCUT2D eigenvalue weighted by Gasteiger charge is 2.14. The topological polar surface area (TPSA) is 42.4 Å². The van der Waals surface area contributed by atoms with E-state index in [0.29, 0.717) is 24.5 Å². The van der Waals surface area contributed by atoms with Gasteiger partial charge in [-0.1, -0.05) is 12.1 Å². The van der Waals surface area contributed by atoms with Crippen LogP contribution in [0.25, 0.3) is 0 Å². The van der Waals surface area contributed by atoms with E-state index in [1.165, 1.54) is 0 Å². The Kier molecular flexibility index (Phi) is 5.55. The number of aromatic nitrogens is 1. The standard InChI is InChI=1S/C16H17IN2O2/c1-3-19(4-2)16(20)14-11-12(9-10-18-14)21-15-8-6-5-7-13(15)17/h5-11H,3-4H2,1-2H3. The number of benzene rings is 1. The maximum Gasteiger partial charge on any atom is 0.272 e. The summed E-state index contributed by atoms with van der Waals surface area (Å²) in [6.45, 7) is 5.24. The molecule has 0 saturated heterocycles.